The van der Waals surface area contributed by atoms with Gasteiger partial charge in [0.25, 0.3) is 0 Å². The normalized spacial score (nSPS) is 20.4. The number of sulfonamides is 1. The van der Waals surface area contributed by atoms with Crippen LogP contribution in [0.2, 0.25) is 0 Å². The van der Waals surface area contributed by atoms with Crippen molar-refractivity contribution in [2.45, 2.75) is 30.2 Å². The average molecular weight is 304 g/mol. The minimum Gasteiger partial charge on any atom is -0.380 e. The van der Waals surface area contributed by atoms with Crippen molar-refractivity contribution in [2.24, 2.45) is 0 Å². The minimum atomic E-state index is -3.45. The predicted octanol–water partition coefficient (Wildman–Crippen LogP) is 1.93. The Hall–Kier alpha value is -0.620. The first kappa shape index (κ1) is 14.8. The first-order valence-corrected chi connectivity index (χ1v) is 8.38. The predicted molar refractivity (Wildman–Crippen MR) is 75.0 cm³/mol. The van der Waals surface area contributed by atoms with Gasteiger partial charge in [0, 0.05) is 18.5 Å². The number of ether oxygens (including phenoxy) is 1. The van der Waals surface area contributed by atoms with E-state index < -0.39 is 10.0 Å². The van der Waals surface area contributed by atoms with Crippen molar-refractivity contribution in [1.29, 1.82) is 0 Å². The van der Waals surface area contributed by atoms with Crippen LogP contribution in [0, 0.1) is 0 Å². The molecule has 1 fully saturated rings. The molecule has 0 aliphatic carbocycles. The lowest BCUT2D eigenvalue weighted by Gasteiger charge is -2.23. The summed E-state index contributed by atoms with van der Waals surface area (Å²) >= 11 is 5.65. The number of aryl methyl sites for hydroxylation is 1. The van der Waals surface area contributed by atoms with Gasteiger partial charge >= 0.3 is 0 Å². The molecule has 0 spiro atoms. The van der Waals surface area contributed by atoms with Gasteiger partial charge in [-0.2, -0.15) is 0 Å². The monoisotopic (exact) mass is 303 g/mol. The van der Waals surface area contributed by atoms with Gasteiger partial charge in [0.2, 0.25) is 10.0 Å². The highest BCUT2D eigenvalue weighted by atomic mass is 35.5. The Balaban J connectivity index is 2.05. The number of halogens is 1. The van der Waals surface area contributed by atoms with Crippen LogP contribution in [0.1, 0.15) is 18.4 Å². The van der Waals surface area contributed by atoms with E-state index in [2.05, 4.69) is 4.72 Å². The molecular formula is C13H18ClNO3S. The van der Waals surface area contributed by atoms with Gasteiger partial charge in [-0.15, -0.1) is 11.6 Å². The number of rotatable bonds is 5. The highest BCUT2D eigenvalue weighted by molar-refractivity contribution is 7.89. The van der Waals surface area contributed by atoms with Crippen molar-refractivity contribution in [3.8, 4) is 0 Å². The summed E-state index contributed by atoms with van der Waals surface area (Å²) in [4.78, 5) is 0.288. The molecule has 1 atom stereocenters. The van der Waals surface area contributed by atoms with E-state index in [0.717, 1.165) is 24.8 Å². The maximum Gasteiger partial charge on any atom is 0.240 e. The van der Waals surface area contributed by atoms with E-state index in [-0.39, 0.29) is 10.9 Å². The summed E-state index contributed by atoms with van der Waals surface area (Å²) in [5.41, 5.74) is 1.04. The Kier molecular flexibility index (Phi) is 5.21. The summed E-state index contributed by atoms with van der Waals surface area (Å²) in [7, 11) is -3.45. The fourth-order valence-corrected chi connectivity index (χ4v) is 3.54. The second kappa shape index (κ2) is 6.70. The molecule has 0 saturated carbocycles. The fourth-order valence-electron chi connectivity index (χ4n) is 2.07. The zero-order valence-corrected chi connectivity index (χ0v) is 12.2. The quantitative estimate of drug-likeness (QED) is 0.846. The Bertz CT molecular complexity index is 495. The van der Waals surface area contributed by atoms with E-state index in [9.17, 15) is 8.42 Å². The van der Waals surface area contributed by atoms with Gasteiger partial charge in [0.15, 0.2) is 0 Å². The van der Waals surface area contributed by atoms with Crippen LogP contribution in [0.15, 0.2) is 29.2 Å². The Morgan fingerprint density at radius 1 is 1.32 bits per heavy atom. The highest BCUT2D eigenvalue weighted by Gasteiger charge is 2.22. The second-order valence-corrected chi connectivity index (χ2v) is 6.71. The maximum absolute atomic E-state index is 12.2. The summed E-state index contributed by atoms with van der Waals surface area (Å²) in [5.74, 6) is 0.532. The standard InChI is InChI=1S/C13H18ClNO3S/c14-8-7-11-3-5-13(6-4-11)19(16,17)15-12-2-1-9-18-10-12/h3-6,12,15H,1-2,7-10H2. The van der Waals surface area contributed by atoms with E-state index in [1.54, 1.807) is 24.3 Å². The first-order valence-electron chi connectivity index (χ1n) is 6.37. The molecule has 1 saturated heterocycles. The first-order chi connectivity index (χ1) is 9.12. The molecule has 2 rings (SSSR count). The van der Waals surface area contributed by atoms with E-state index in [1.165, 1.54) is 0 Å². The van der Waals surface area contributed by atoms with Gasteiger partial charge in [-0.05, 0) is 37.0 Å². The van der Waals surface area contributed by atoms with Crippen molar-refractivity contribution >= 4 is 21.6 Å². The van der Waals surface area contributed by atoms with Gasteiger partial charge < -0.3 is 4.74 Å². The van der Waals surface area contributed by atoms with Gasteiger partial charge in [0.05, 0.1) is 11.5 Å². The molecule has 19 heavy (non-hydrogen) atoms. The molecule has 6 heteroatoms. The smallest absolute Gasteiger partial charge is 0.240 e. The van der Waals surface area contributed by atoms with Gasteiger partial charge in [-0.3, -0.25) is 0 Å². The van der Waals surface area contributed by atoms with Crippen LogP contribution in [0.25, 0.3) is 0 Å². The number of hydrogen-bond donors (Lipinski definition) is 1. The molecule has 1 heterocycles. The summed E-state index contributed by atoms with van der Waals surface area (Å²) in [6, 6.07) is 6.71. The molecular weight excluding hydrogens is 286 g/mol. The average Bonchev–Trinajstić information content (AvgIpc) is 2.40. The van der Waals surface area contributed by atoms with Crippen molar-refractivity contribution < 1.29 is 13.2 Å². The van der Waals surface area contributed by atoms with Crippen molar-refractivity contribution in [2.75, 3.05) is 19.1 Å². The van der Waals surface area contributed by atoms with Crippen LogP contribution < -0.4 is 4.72 Å². The minimum absolute atomic E-state index is 0.124. The van der Waals surface area contributed by atoms with Crippen molar-refractivity contribution in [3.05, 3.63) is 29.8 Å². The Labute approximate surface area is 119 Å². The van der Waals surface area contributed by atoms with Crippen LogP contribution in [-0.4, -0.2) is 33.6 Å². The Morgan fingerprint density at radius 2 is 2.05 bits per heavy atom. The summed E-state index contributed by atoms with van der Waals surface area (Å²) in [6.45, 7) is 1.16. The second-order valence-electron chi connectivity index (χ2n) is 4.62. The Morgan fingerprint density at radius 3 is 2.63 bits per heavy atom. The zero-order chi connectivity index (χ0) is 13.7. The van der Waals surface area contributed by atoms with Crippen LogP contribution in [0.5, 0.6) is 0 Å². The molecule has 1 aliphatic rings. The fraction of sp³-hybridized carbons (Fsp3) is 0.538. The summed E-state index contributed by atoms with van der Waals surface area (Å²) < 4.78 is 32.3. The topological polar surface area (TPSA) is 55.4 Å². The van der Waals surface area contributed by atoms with Crippen molar-refractivity contribution in [1.82, 2.24) is 4.72 Å². The molecule has 1 aromatic rings. The highest BCUT2D eigenvalue weighted by Crippen LogP contribution is 2.14. The SMILES string of the molecule is O=S(=O)(NC1CCCOC1)c1ccc(CCCl)cc1. The molecule has 1 aromatic carbocycles. The van der Waals surface area contributed by atoms with Crippen LogP contribution in [-0.2, 0) is 21.2 Å². The van der Waals surface area contributed by atoms with E-state index in [4.69, 9.17) is 16.3 Å². The van der Waals surface area contributed by atoms with Crippen LogP contribution >= 0.6 is 11.6 Å². The lowest BCUT2D eigenvalue weighted by Crippen LogP contribution is -2.40. The number of nitrogens with one attached hydrogen (secondary N) is 1. The lowest BCUT2D eigenvalue weighted by atomic mass is 10.1. The molecule has 4 nitrogen and oxygen atoms in total. The van der Waals surface area contributed by atoms with Gasteiger partial charge in [0.1, 0.15) is 0 Å². The van der Waals surface area contributed by atoms with Gasteiger partial charge in [-0.1, -0.05) is 12.1 Å². The molecule has 0 radical (unpaired) electrons. The third-order valence-corrected chi connectivity index (χ3v) is 4.82. The number of hydrogen-bond acceptors (Lipinski definition) is 3. The molecule has 0 bridgehead atoms. The van der Waals surface area contributed by atoms with Crippen LogP contribution in [0.4, 0.5) is 0 Å². The number of alkyl halides is 1. The largest absolute Gasteiger partial charge is 0.380 e. The van der Waals surface area contributed by atoms with Crippen molar-refractivity contribution in [3.63, 3.8) is 0 Å². The summed E-state index contributed by atoms with van der Waals surface area (Å²) in [5, 5.41) is 0. The third kappa shape index (κ3) is 4.18. The lowest BCUT2D eigenvalue weighted by molar-refractivity contribution is 0.0774. The molecule has 1 unspecified atom stereocenters. The van der Waals surface area contributed by atoms with E-state index in [0.29, 0.717) is 19.1 Å². The van der Waals surface area contributed by atoms with Crippen LogP contribution in [0.3, 0.4) is 0 Å². The molecule has 0 amide bonds. The molecule has 0 aromatic heterocycles. The van der Waals surface area contributed by atoms with Gasteiger partial charge in [-0.25, -0.2) is 13.1 Å². The third-order valence-electron chi connectivity index (χ3n) is 3.10. The molecule has 1 N–H and O–H groups in total. The van der Waals surface area contributed by atoms with E-state index in [1.807, 2.05) is 0 Å². The maximum atomic E-state index is 12.2. The molecule has 1 aliphatic heterocycles. The van der Waals surface area contributed by atoms with E-state index >= 15 is 0 Å². The summed E-state index contributed by atoms with van der Waals surface area (Å²) in [6.07, 6.45) is 2.46. The zero-order valence-electron chi connectivity index (χ0n) is 10.6. The molecule has 106 valence electrons. The number of benzene rings is 1.